The van der Waals surface area contributed by atoms with Gasteiger partial charge >= 0.3 is 0 Å². The van der Waals surface area contributed by atoms with Gasteiger partial charge in [0.1, 0.15) is 11.1 Å². The zero-order valence-electron chi connectivity index (χ0n) is 18.8. The van der Waals surface area contributed by atoms with Gasteiger partial charge in [0, 0.05) is 37.6 Å². The molecular formula is C24H21Cl2N7OS. The summed E-state index contributed by atoms with van der Waals surface area (Å²) in [5.41, 5.74) is 3.05. The van der Waals surface area contributed by atoms with Crippen LogP contribution in [0.15, 0.2) is 47.6 Å². The number of benzene rings is 2. The zero-order chi connectivity index (χ0) is 24.5. The number of piperazine rings is 1. The molecule has 1 atom stereocenters. The molecule has 2 aliphatic heterocycles. The number of para-hydroxylation sites is 1. The van der Waals surface area contributed by atoms with Gasteiger partial charge in [-0.25, -0.2) is 9.97 Å². The van der Waals surface area contributed by atoms with E-state index in [0.717, 1.165) is 25.3 Å². The number of halogens is 2. The molecular weight excluding hydrogens is 505 g/mol. The lowest BCUT2D eigenvalue weighted by Gasteiger charge is -2.36. The summed E-state index contributed by atoms with van der Waals surface area (Å²) in [5.74, 6) is 0.407. The largest absolute Gasteiger partial charge is 0.365 e. The lowest BCUT2D eigenvalue weighted by molar-refractivity contribution is 0.0985. The minimum atomic E-state index is -0.262. The van der Waals surface area contributed by atoms with E-state index in [1.165, 1.54) is 22.9 Å². The van der Waals surface area contributed by atoms with Crippen molar-refractivity contribution in [1.82, 2.24) is 15.3 Å². The summed E-state index contributed by atoms with van der Waals surface area (Å²) >= 11 is 14.0. The Labute approximate surface area is 217 Å². The van der Waals surface area contributed by atoms with Gasteiger partial charge in [0.05, 0.1) is 38.4 Å². The highest BCUT2D eigenvalue weighted by Gasteiger charge is 2.30. The number of hydrogen-bond acceptors (Lipinski definition) is 8. The molecule has 3 heterocycles. The van der Waals surface area contributed by atoms with Crippen molar-refractivity contribution in [2.45, 2.75) is 18.0 Å². The van der Waals surface area contributed by atoms with Crippen LogP contribution < -0.4 is 20.4 Å². The van der Waals surface area contributed by atoms with Crippen molar-refractivity contribution in [3.63, 3.8) is 0 Å². The highest BCUT2D eigenvalue weighted by molar-refractivity contribution is 7.99. The number of carbonyl (C=O) groups is 1. The Balaban J connectivity index is 1.37. The fourth-order valence-corrected chi connectivity index (χ4v) is 5.75. The van der Waals surface area contributed by atoms with Crippen LogP contribution in [0.5, 0.6) is 0 Å². The predicted molar refractivity (Wildman–Crippen MR) is 140 cm³/mol. The highest BCUT2D eigenvalue weighted by atomic mass is 35.5. The summed E-state index contributed by atoms with van der Waals surface area (Å²) in [5, 5.41) is 17.7. The van der Waals surface area contributed by atoms with Crippen LogP contribution >= 0.6 is 35.0 Å². The van der Waals surface area contributed by atoms with E-state index in [9.17, 15) is 10.1 Å². The maximum absolute atomic E-state index is 13.1. The molecule has 3 aromatic rings. The smallest absolute Gasteiger partial charge is 0.263 e. The van der Waals surface area contributed by atoms with Gasteiger partial charge in [-0.3, -0.25) is 9.69 Å². The molecule has 0 aliphatic carbocycles. The topological polar surface area (TPSA) is 97.2 Å². The van der Waals surface area contributed by atoms with Crippen LogP contribution in [0.3, 0.4) is 0 Å². The summed E-state index contributed by atoms with van der Waals surface area (Å²) < 4.78 is 0. The SMILES string of the molecule is C[C@H]1CNCCN1c1ccc(Nc2ncc3c(n2)SCN(c2c(Cl)cccc2Cl)C3=O)cc1C#N. The van der Waals surface area contributed by atoms with Crippen molar-refractivity contribution in [3.8, 4) is 6.07 Å². The molecule has 1 aromatic heterocycles. The molecule has 2 aliphatic rings. The molecule has 0 spiro atoms. The van der Waals surface area contributed by atoms with Gasteiger partial charge in [-0.1, -0.05) is 41.0 Å². The third kappa shape index (κ3) is 4.62. The highest BCUT2D eigenvalue weighted by Crippen LogP contribution is 2.39. The number of nitrogens with zero attached hydrogens (tertiary/aromatic N) is 5. The van der Waals surface area contributed by atoms with E-state index < -0.39 is 0 Å². The second-order valence-corrected chi connectivity index (χ2v) is 9.95. The van der Waals surface area contributed by atoms with Crippen LogP contribution in [-0.4, -0.2) is 47.4 Å². The Morgan fingerprint density at radius 1 is 1.26 bits per heavy atom. The maximum atomic E-state index is 13.1. The number of nitriles is 1. The quantitative estimate of drug-likeness (QED) is 0.463. The Bertz CT molecular complexity index is 1330. The number of amides is 1. The van der Waals surface area contributed by atoms with Crippen molar-refractivity contribution in [2.24, 2.45) is 0 Å². The number of rotatable bonds is 4. The molecule has 2 N–H and O–H groups in total. The van der Waals surface area contributed by atoms with E-state index in [1.54, 1.807) is 24.3 Å². The van der Waals surface area contributed by atoms with E-state index in [-0.39, 0.29) is 5.91 Å². The van der Waals surface area contributed by atoms with E-state index in [2.05, 4.69) is 38.5 Å². The monoisotopic (exact) mass is 525 g/mol. The average Bonchev–Trinajstić information content (AvgIpc) is 2.85. The number of thioether (sulfide) groups is 1. The van der Waals surface area contributed by atoms with Gasteiger partial charge in [-0.15, -0.1) is 0 Å². The van der Waals surface area contributed by atoms with Crippen LogP contribution in [0.1, 0.15) is 22.8 Å². The van der Waals surface area contributed by atoms with Crippen LogP contribution in [-0.2, 0) is 0 Å². The average molecular weight is 526 g/mol. The van der Waals surface area contributed by atoms with E-state index in [1.807, 2.05) is 12.1 Å². The van der Waals surface area contributed by atoms with Gasteiger partial charge in [0.15, 0.2) is 0 Å². The van der Waals surface area contributed by atoms with Crippen LogP contribution in [0.25, 0.3) is 0 Å². The van der Waals surface area contributed by atoms with Crippen molar-refractivity contribution in [1.29, 1.82) is 5.26 Å². The van der Waals surface area contributed by atoms with Gasteiger partial charge < -0.3 is 15.5 Å². The summed E-state index contributed by atoms with van der Waals surface area (Å²) in [7, 11) is 0. The van der Waals surface area contributed by atoms with E-state index >= 15 is 0 Å². The van der Waals surface area contributed by atoms with Crippen molar-refractivity contribution >= 4 is 63.9 Å². The number of anilines is 4. The van der Waals surface area contributed by atoms with Crippen LogP contribution in [0.4, 0.5) is 23.0 Å². The molecule has 0 radical (unpaired) electrons. The van der Waals surface area contributed by atoms with Gasteiger partial charge in [-0.2, -0.15) is 5.26 Å². The number of fused-ring (bicyclic) bond motifs is 1. The van der Waals surface area contributed by atoms with Crippen molar-refractivity contribution in [3.05, 3.63) is 63.8 Å². The molecule has 1 fully saturated rings. The fourth-order valence-electron chi connectivity index (χ4n) is 4.21. The first-order valence-corrected chi connectivity index (χ1v) is 12.7. The molecule has 1 saturated heterocycles. The molecule has 178 valence electrons. The normalized spacial score (nSPS) is 17.7. The van der Waals surface area contributed by atoms with Gasteiger partial charge in [0.2, 0.25) is 5.95 Å². The lowest BCUT2D eigenvalue weighted by atomic mass is 10.1. The van der Waals surface area contributed by atoms with E-state index in [4.69, 9.17) is 23.2 Å². The Kier molecular flexibility index (Phi) is 6.71. The van der Waals surface area contributed by atoms with Crippen LogP contribution in [0.2, 0.25) is 10.0 Å². The Morgan fingerprint density at radius 3 is 2.80 bits per heavy atom. The molecule has 0 bridgehead atoms. The van der Waals surface area contributed by atoms with Crippen molar-refractivity contribution < 1.29 is 4.79 Å². The molecule has 11 heteroatoms. The van der Waals surface area contributed by atoms with Gasteiger partial charge in [0.25, 0.3) is 5.91 Å². The summed E-state index contributed by atoms with van der Waals surface area (Å²) in [6.45, 7) is 4.75. The second kappa shape index (κ2) is 9.91. The third-order valence-corrected chi connectivity index (χ3v) is 7.53. The first-order valence-electron chi connectivity index (χ1n) is 11.0. The Hall–Kier alpha value is -3.03. The number of nitrogens with one attached hydrogen (secondary N) is 2. The maximum Gasteiger partial charge on any atom is 0.263 e. The molecule has 1 amide bonds. The number of carbonyl (C=O) groups excluding carboxylic acids is 1. The second-order valence-electron chi connectivity index (χ2n) is 8.20. The first kappa shape index (κ1) is 23.7. The lowest BCUT2D eigenvalue weighted by Crippen LogP contribution is -2.50. The zero-order valence-corrected chi connectivity index (χ0v) is 21.1. The molecule has 2 aromatic carbocycles. The standard InChI is InChI=1S/C24H21Cl2N7OS/c1-14-11-28-7-8-32(14)20-6-5-16(9-15(20)10-27)30-24-29-12-17-22(31-24)35-13-33(23(17)34)21-18(25)3-2-4-19(21)26/h2-6,9,12,14,28H,7-8,11,13H2,1H3,(H,29,30,31)/t14-/m0/s1. The fraction of sp³-hybridized carbons (Fsp3) is 0.250. The van der Waals surface area contributed by atoms with Crippen molar-refractivity contribution in [2.75, 3.05) is 40.6 Å². The summed E-state index contributed by atoms with van der Waals surface area (Å²) in [6, 6.07) is 13.4. The molecule has 0 unspecified atom stereocenters. The molecule has 8 nitrogen and oxygen atoms in total. The number of aromatic nitrogens is 2. The minimum Gasteiger partial charge on any atom is -0.365 e. The van der Waals surface area contributed by atoms with Gasteiger partial charge in [-0.05, 0) is 37.3 Å². The Morgan fingerprint density at radius 2 is 2.06 bits per heavy atom. The molecule has 5 rings (SSSR count). The van der Waals surface area contributed by atoms with E-state index in [0.29, 0.717) is 55.4 Å². The third-order valence-electron chi connectivity index (χ3n) is 5.95. The molecule has 35 heavy (non-hydrogen) atoms. The molecule has 0 saturated carbocycles. The van der Waals surface area contributed by atoms with Crippen LogP contribution in [0, 0.1) is 11.3 Å². The minimum absolute atomic E-state index is 0.262. The summed E-state index contributed by atoms with van der Waals surface area (Å²) in [6.07, 6.45) is 1.50. The summed E-state index contributed by atoms with van der Waals surface area (Å²) in [4.78, 5) is 25.8. The predicted octanol–water partition coefficient (Wildman–Crippen LogP) is 4.91. The number of hydrogen-bond donors (Lipinski definition) is 2. The first-order chi connectivity index (χ1) is 17.0.